The van der Waals surface area contributed by atoms with E-state index in [4.69, 9.17) is 9.47 Å². The lowest BCUT2D eigenvalue weighted by Crippen LogP contribution is -2.32. The van der Waals surface area contributed by atoms with Crippen molar-refractivity contribution in [3.8, 4) is 5.75 Å². The van der Waals surface area contributed by atoms with E-state index in [2.05, 4.69) is 5.32 Å². The molecular weight excluding hydrogens is 354 g/mol. The fourth-order valence-electron chi connectivity index (χ4n) is 3.12. The van der Waals surface area contributed by atoms with Crippen LogP contribution in [-0.4, -0.2) is 32.1 Å². The Kier molecular flexibility index (Phi) is 8.53. The maximum absolute atomic E-state index is 12.6. The quantitative estimate of drug-likeness (QED) is 0.635. The fourth-order valence-corrected chi connectivity index (χ4v) is 3.12. The van der Waals surface area contributed by atoms with E-state index in [9.17, 15) is 9.59 Å². The van der Waals surface area contributed by atoms with Crippen LogP contribution in [-0.2, 0) is 20.7 Å². The summed E-state index contributed by atoms with van der Waals surface area (Å²) in [6.07, 6.45) is 1.49. The van der Waals surface area contributed by atoms with Crippen LogP contribution in [0, 0.1) is 5.92 Å². The zero-order chi connectivity index (χ0) is 20.4. The smallest absolute Gasteiger partial charge is 0.314 e. The van der Waals surface area contributed by atoms with Crippen molar-refractivity contribution in [2.45, 2.75) is 32.6 Å². The van der Waals surface area contributed by atoms with Gasteiger partial charge in [0.1, 0.15) is 5.75 Å². The topological polar surface area (TPSA) is 64.6 Å². The second-order valence-electron chi connectivity index (χ2n) is 6.79. The highest BCUT2D eigenvalue weighted by molar-refractivity contribution is 5.83. The standard InChI is InChI=1S/C23H29NO4/c1-4-17(2)22(19-11-6-5-7-12-19)23(26)28-16-21(25)24-15-14-18-10-8-9-13-20(18)27-3/h5-13,17,22H,4,14-16H2,1-3H3,(H,24,25)/t17-,22-/m0/s1. The number of ether oxygens (including phenoxy) is 2. The van der Waals surface area contributed by atoms with Gasteiger partial charge in [0.05, 0.1) is 13.0 Å². The second-order valence-corrected chi connectivity index (χ2v) is 6.79. The SMILES string of the molecule is CC[C@H](C)[C@H](C(=O)OCC(=O)NCCc1ccccc1OC)c1ccccc1. The van der Waals surface area contributed by atoms with Crippen molar-refractivity contribution in [1.82, 2.24) is 5.32 Å². The van der Waals surface area contributed by atoms with Crippen LogP contribution < -0.4 is 10.1 Å². The number of carbonyl (C=O) groups is 2. The molecule has 0 aromatic heterocycles. The number of hydrogen-bond acceptors (Lipinski definition) is 4. The minimum atomic E-state index is -0.368. The molecule has 0 aliphatic heterocycles. The van der Waals surface area contributed by atoms with Gasteiger partial charge in [0, 0.05) is 6.54 Å². The molecule has 1 N–H and O–H groups in total. The summed E-state index contributed by atoms with van der Waals surface area (Å²) in [5.74, 6) is -0.113. The molecule has 2 rings (SSSR count). The summed E-state index contributed by atoms with van der Waals surface area (Å²) in [6.45, 7) is 4.24. The monoisotopic (exact) mass is 383 g/mol. The maximum Gasteiger partial charge on any atom is 0.314 e. The Morgan fingerprint density at radius 1 is 1.04 bits per heavy atom. The molecule has 5 heteroatoms. The van der Waals surface area contributed by atoms with Crippen LogP contribution in [0.1, 0.15) is 37.3 Å². The molecule has 0 spiro atoms. The average Bonchev–Trinajstić information content (AvgIpc) is 2.73. The lowest BCUT2D eigenvalue weighted by atomic mass is 9.86. The number of methoxy groups -OCH3 is 1. The third-order valence-corrected chi connectivity index (χ3v) is 4.88. The first kappa shape index (κ1) is 21.5. The largest absolute Gasteiger partial charge is 0.496 e. The number of nitrogens with one attached hydrogen (secondary N) is 1. The van der Waals surface area contributed by atoms with Gasteiger partial charge in [-0.05, 0) is 29.5 Å². The molecule has 150 valence electrons. The molecule has 0 aliphatic carbocycles. The lowest BCUT2D eigenvalue weighted by Gasteiger charge is -2.21. The Balaban J connectivity index is 1.84. The zero-order valence-corrected chi connectivity index (χ0v) is 16.8. The van der Waals surface area contributed by atoms with E-state index in [1.807, 2.05) is 68.4 Å². The van der Waals surface area contributed by atoms with E-state index >= 15 is 0 Å². The number of amides is 1. The van der Waals surface area contributed by atoms with Crippen molar-refractivity contribution in [2.75, 3.05) is 20.3 Å². The molecule has 28 heavy (non-hydrogen) atoms. The molecule has 2 atom stereocenters. The van der Waals surface area contributed by atoms with Gasteiger partial charge in [0.2, 0.25) is 0 Å². The minimum Gasteiger partial charge on any atom is -0.496 e. The number of para-hydroxylation sites is 1. The normalized spacial score (nSPS) is 12.7. The highest BCUT2D eigenvalue weighted by Crippen LogP contribution is 2.28. The summed E-state index contributed by atoms with van der Waals surface area (Å²) < 4.78 is 10.6. The van der Waals surface area contributed by atoms with Crippen LogP contribution in [0.25, 0.3) is 0 Å². The Hall–Kier alpha value is -2.82. The van der Waals surface area contributed by atoms with E-state index < -0.39 is 0 Å². The number of rotatable bonds is 10. The van der Waals surface area contributed by atoms with Gasteiger partial charge in [-0.15, -0.1) is 0 Å². The summed E-state index contributed by atoms with van der Waals surface area (Å²) in [5, 5.41) is 2.79. The van der Waals surface area contributed by atoms with Crippen LogP contribution in [0.4, 0.5) is 0 Å². The highest BCUT2D eigenvalue weighted by Gasteiger charge is 2.27. The Bertz CT molecular complexity index is 760. The number of esters is 1. The van der Waals surface area contributed by atoms with Gasteiger partial charge >= 0.3 is 5.97 Å². The lowest BCUT2D eigenvalue weighted by molar-refractivity contribution is -0.151. The van der Waals surface area contributed by atoms with Gasteiger partial charge in [-0.25, -0.2) is 0 Å². The Labute approximate surface area is 167 Å². The van der Waals surface area contributed by atoms with Crippen LogP contribution in [0.2, 0.25) is 0 Å². The molecule has 0 fully saturated rings. The minimum absolute atomic E-state index is 0.128. The molecule has 0 aliphatic rings. The predicted molar refractivity (Wildman–Crippen MR) is 109 cm³/mol. The van der Waals surface area contributed by atoms with Crippen molar-refractivity contribution >= 4 is 11.9 Å². The number of benzene rings is 2. The summed E-state index contributed by atoms with van der Waals surface area (Å²) >= 11 is 0. The van der Waals surface area contributed by atoms with E-state index in [0.717, 1.165) is 23.3 Å². The van der Waals surface area contributed by atoms with E-state index in [1.54, 1.807) is 7.11 Å². The van der Waals surface area contributed by atoms with Gasteiger partial charge in [0.25, 0.3) is 5.91 Å². The van der Waals surface area contributed by atoms with Crippen molar-refractivity contribution in [1.29, 1.82) is 0 Å². The molecule has 0 saturated heterocycles. The number of hydrogen-bond donors (Lipinski definition) is 1. The molecule has 0 heterocycles. The van der Waals surface area contributed by atoms with Gasteiger partial charge in [-0.2, -0.15) is 0 Å². The average molecular weight is 383 g/mol. The second kappa shape index (κ2) is 11.1. The Morgan fingerprint density at radius 3 is 2.39 bits per heavy atom. The zero-order valence-electron chi connectivity index (χ0n) is 16.8. The molecular formula is C23H29NO4. The molecule has 5 nitrogen and oxygen atoms in total. The van der Waals surface area contributed by atoms with Crippen LogP contribution in [0.15, 0.2) is 54.6 Å². The van der Waals surface area contributed by atoms with E-state index in [-0.39, 0.29) is 30.3 Å². The van der Waals surface area contributed by atoms with Gasteiger partial charge in [-0.1, -0.05) is 68.8 Å². The molecule has 0 bridgehead atoms. The first-order valence-corrected chi connectivity index (χ1v) is 9.67. The predicted octanol–water partition coefficient (Wildman–Crippen LogP) is 3.73. The molecule has 0 saturated carbocycles. The Morgan fingerprint density at radius 2 is 1.71 bits per heavy atom. The van der Waals surface area contributed by atoms with Gasteiger partial charge < -0.3 is 14.8 Å². The first-order valence-electron chi connectivity index (χ1n) is 9.67. The van der Waals surface area contributed by atoms with Crippen molar-refractivity contribution in [3.05, 3.63) is 65.7 Å². The van der Waals surface area contributed by atoms with Crippen molar-refractivity contribution in [3.63, 3.8) is 0 Å². The van der Waals surface area contributed by atoms with E-state index in [1.165, 1.54) is 0 Å². The molecule has 2 aromatic rings. The molecule has 2 aromatic carbocycles. The third kappa shape index (κ3) is 6.12. The summed E-state index contributed by atoms with van der Waals surface area (Å²) in [6, 6.07) is 17.2. The summed E-state index contributed by atoms with van der Waals surface area (Å²) in [5.41, 5.74) is 1.93. The highest BCUT2D eigenvalue weighted by atomic mass is 16.5. The van der Waals surface area contributed by atoms with Crippen molar-refractivity contribution in [2.24, 2.45) is 5.92 Å². The number of carbonyl (C=O) groups excluding carboxylic acids is 2. The molecule has 0 radical (unpaired) electrons. The van der Waals surface area contributed by atoms with Gasteiger partial charge in [0.15, 0.2) is 6.61 Å². The van der Waals surface area contributed by atoms with Crippen LogP contribution >= 0.6 is 0 Å². The van der Waals surface area contributed by atoms with E-state index in [0.29, 0.717) is 13.0 Å². The summed E-state index contributed by atoms with van der Waals surface area (Å²) in [4.78, 5) is 24.7. The van der Waals surface area contributed by atoms with Crippen molar-refractivity contribution < 1.29 is 19.1 Å². The first-order chi connectivity index (χ1) is 13.6. The fraction of sp³-hybridized carbons (Fsp3) is 0.391. The maximum atomic E-state index is 12.6. The molecule has 1 amide bonds. The molecule has 0 unspecified atom stereocenters. The van der Waals surface area contributed by atoms with Gasteiger partial charge in [-0.3, -0.25) is 9.59 Å². The van der Waals surface area contributed by atoms with Crippen LogP contribution in [0.3, 0.4) is 0 Å². The third-order valence-electron chi connectivity index (χ3n) is 4.88. The summed E-state index contributed by atoms with van der Waals surface area (Å²) in [7, 11) is 1.62. The van der Waals surface area contributed by atoms with Crippen LogP contribution in [0.5, 0.6) is 5.75 Å².